The summed E-state index contributed by atoms with van der Waals surface area (Å²) in [5, 5.41) is 12.7. The summed E-state index contributed by atoms with van der Waals surface area (Å²) in [4.78, 5) is 0. The van der Waals surface area contributed by atoms with Crippen molar-refractivity contribution in [3.8, 4) is 5.75 Å². The largest absolute Gasteiger partial charge is 0.496 e. The van der Waals surface area contributed by atoms with Gasteiger partial charge in [0.1, 0.15) is 5.75 Å². The van der Waals surface area contributed by atoms with Gasteiger partial charge in [-0.15, -0.1) is 0 Å². The summed E-state index contributed by atoms with van der Waals surface area (Å²) >= 11 is 0. The predicted octanol–water partition coefficient (Wildman–Crippen LogP) is 2.68. The van der Waals surface area contributed by atoms with Crippen molar-refractivity contribution in [2.75, 3.05) is 20.3 Å². The molecule has 0 atom stereocenters. The second-order valence-electron chi connectivity index (χ2n) is 5.99. The molecule has 2 rings (SSSR count). The van der Waals surface area contributed by atoms with Crippen molar-refractivity contribution in [3.05, 3.63) is 29.3 Å². The number of hydrogen-bond donors (Lipinski definition) is 2. The molecule has 1 aliphatic carbocycles. The van der Waals surface area contributed by atoms with E-state index < -0.39 is 0 Å². The molecule has 2 N–H and O–H groups in total. The first-order valence-corrected chi connectivity index (χ1v) is 7.08. The molecule has 0 radical (unpaired) electrons. The van der Waals surface area contributed by atoms with Crippen LogP contribution in [0.15, 0.2) is 18.2 Å². The lowest BCUT2D eigenvalue weighted by Gasteiger charge is -2.15. The molecule has 1 aliphatic rings. The molecule has 1 fully saturated rings. The van der Waals surface area contributed by atoms with Crippen molar-refractivity contribution in [2.45, 2.75) is 39.2 Å². The molecule has 0 heterocycles. The number of aliphatic hydroxyl groups is 1. The molecule has 0 aromatic heterocycles. The Balaban J connectivity index is 1.95. The van der Waals surface area contributed by atoms with Gasteiger partial charge < -0.3 is 15.2 Å². The van der Waals surface area contributed by atoms with Gasteiger partial charge in [0.05, 0.1) is 7.11 Å². The number of ether oxygens (including phenoxy) is 1. The molecular weight excluding hydrogens is 238 g/mol. The lowest BCUT2D eigenvalue weighted by molar-refractivity contribution is 0.207. The second kappa shape index (κ2) is 5.93. The molecule has 0 amide bonds. The number of hydrogen-bond acceptors (Lipinski definition) is 3. The van der Waals surface area contributed by atoms with E-state index >= 15 is 0 Å². The fourth-order valence-electron chi connectivity index (χ4n) is 2.30. The molecule has 106 valence electrons. The van der Waals surface area contributed by atoms with Crippen LogP contribution in [0.3, 0.4) is 0 Å². The molecule has 3 nitrogen and oxygen atoms in total. The molecule has 0 saturated heterocycles. The number of rotatable bonds is 7. The Morgan fingerprint density at radius 2 is 2.11 bits per heavy atom. The van der Waals surface area contributed by atoms with E-state index in [0.29, 0.717) is 12.5 Å². The van der Waals surface area contributed by atoms with Crippen LogP contribution in [0.2, 0.25) is 0 Å². The summed E-state index contributed by atoms with van der Waals surface area (Å²) in [5.74, 6) is 1.47. The Bertz CT molecular complexity index is 425. The topological polar surface area (TPSA) is 41.5 Å². The molecule has 3 heteroatoms. The lowest BCUT2D eigenvalue weighted by atomic mass is 10.0. The van der Waals surface area contributed by atoms with Crippen LogP contribution >= 0.6 is 0 Å². The summed E-state index contributed by atoms with van der Waals surface area (Å²) in [5.41, 5.74) is 2.64. The first kappa shape index (κ1) is 14.4. The zero-order valence-corrected chi connectivity index (χ0v) is 12.2. The van der Waals surface area contributed by atoms with Gasteiger partial charge in [-0.1, -0.05) is 26.0 Å². The standard InChI is InChI=1S/C16H25NO2/c1-12(2)13-4-5-14(15(8-13)19-3)9-17-10-16(11-18)6-7-16/h4-5,8,12,17-18H,6-7,9-11H2,1-3H3. The molecule has 0 spiro atoms. The van der Waals surface area contributed by atoms with Crippen LogP contribution in [0.4, 0.5) is 0 Å². The van der Waals surface area contributed by atoms with Crippen LogP contribution in [-0.2, 0) is 6.54 Å². The normalized spacial score (nSPS) is 16.7. The van der Waals surface area contributed by atoms with Gasteiger partial charge in [-0.25, -0.2) is 0 Å². The predicted molar refractivity (Wildman–Crippen MR) is 77.5 cm³/mol. The van der Waals surface area contributed by atoms with Gasteiger partial charge in [-0.3, -0.25) is 0 Å². The highest BCUT2D eigenvalue weighted by molar-refractivity contribution is 5.38. The average Bonchev–Trinajstić information content (AvgIpc) is 3.19. The second-order valence-corrected chi connectivity index (χ2v) is 5.99. The van der Waals surface area contributed by atoms with Gasteiger partial charge in [0.25, 0.3) is 0 Å². The van der Waals surface area contributed by atoms with Gasteiger partial charge in [0.15, 0.2) is 0 Å². The molecular formula is C16H25NO2. The average molecular weight is 263 g/mol. The number of nitrogens with one attached hydrogen (secondary N) is 1. The Morgan fingerprint density at radius 3 is 2.63 bits per heavy atom. The molecule has 1 aromatic rings. The summed E-state index contributed by atoms with van der Waals surface area (Å²) in [7, 11) is 1.72. The van der Waals surface area contributed by atoms with Crippen molar-refractivity contribution in [1.82, 2.24) is 5.32 Å². The molecule has 1 aromatic carbocycles. The third-order valence-corrected chi connectivity index (χ3v) is 4.09. The van der Waals surface area contributed by atoms with Crippen LogP contribution in [0, 0.1) is 5.41 Å². The highest BCUT2D eigenvalue weighted by Crippen LogP contribution is 2.44. The van der Waals surface area contributed by atoms with E-state index in [9.17, 15) is 5.11 Å². The summed E-state index contributed by atoms with van der Waals surface area (Å²) in [6.45, 7) is 6.35. The highest BCUT2D eigenvalue weighted by Gasteiger charge is 2.41. The van der Waals surface area contributed by atoms with Gasteiger partial charge in [-0.05, 0) is 30.4 Å². The van der Waals surface area contributed by atoms with Crippen LogP contribution in [-0.4, -0.2) is 25.4 Å². The molecule has 0 bridgehead atoms. The van der Waals surface area contributed by atoms with Crippen LogP contribution in [0.25, 0.3) is 0 Å². The van der Waals surface area contributed by atoms with Gasteiger partial charge in [0, 0.05) is 30.7 Å². The van der Waals surface area contributed by atoms with Gasteiger partial charge >= 0.3 is 0 Å². The third kappa shape index (κ3) is 3.48. The van der Waals surface area contributed by atoms with Crippen LogP contribution in [0.1, 0.15) is 43.7 Å². The van der Waals surface area contributed by atoms with Crippen molar-refractivity contribution in [1.29, 1.82) is 0 Å². The Morgan fingerprint density at radius 1 is 1.37 bits per heavy atom. The number of methoxy groups -OCH3 is 1. The van der Waals surface area contributed by atoms with Gasteiger partial charge in [0.2, 0.25) is 0 Å². The number of benzene rings is 1. The van der Waals surface area contributed by atoms with E-state index in [-0.39, 0.29) is 5.41 Å². The number of aliphatic hydroxyl groups excluding tert-OH is 1. The summed E-state index contributed by atoms with van der Waals surface area (Å²) in [6.07, 6.45) is 2.28. The Hall–Kier alpha value is -1.06. The van der Waals surface area contributed by atoms with Gasteiger partial charge in [-0.2, -0.15) is 0 Å². The minimum atomic E-state index is 0.158. The van der Waals surface area contributed by atoms with Crippen LogP contribution < -0.4 is 10.1 Å². The van der Waals surface area contributed by atoms with E-state index in [4.69, 9.17) is 4.74 Å². The summed E-state index contributed by atoms with van der Waals surface area (Å²) < 4.78 is 5.47. The zero-order valence-electron chi connectivity index (χ0n) is 12.2. The molecule has 19 heavy (non-hydrogen) atoms. The van der Waals surface area contributed by atoms with Crippen molar-refractivity contribution >= 4 is 0 Å². The maximum atomic E-state index is 9.29. The summed E-state index contributed by atoms with van der Waals surface area (Å²) in [6, 6.07) is 6.43. The lowest BCUT2D eigenvalue weighted by Crippen LogP contribution is -2.26. The van der Waals surface area contributed by atoms with Crippen molar-refractivity contribution in [2.24, 2.45) is 5.41 Å². The quantitative estimate of drug-likeness (QED) is 0.794. The first-order chi connectivity index (χ1) is 9.10. The van der Waals surface area contributed by atoms with Crippen molar-refractivity contribution < 1.29 is 9.84 Å². The van der Waals surface area contributed by atoms with Crippen molar-refractivity contribution in [3.63, 3.8) is 0 Å². The van der Waals surface area contributed by atoms with E-state index in [2.05, 4.69) is 37.4 Å². The minimum absolute atomic E-state index is 0.158. The molecule has 1 saturated carbocycles. The SMILES string of the molecule is COc1cc(C(C)C)ccc1CNCC1(CO)CC1. The third-order valence-electron chi connectivity index (χ3n) is 4.09. The minimum Gasteiger partial charge on any atom is -0.496 e. The monoisotopic (exact) mass is 263 g/mol. The fraction of sp³-hybridized carbons (Fsp3) is 0.625. The fourth-order valence-corrected chi connectivity index (χ4v) is 2.30. The molecule has 0 aliphatic heterocycles. The van der Waals surface area contributed by atoms with E-state index in [1.165, 1.54) is 11.1 Å². The van der Waals surface area contributed by atoms with Crippen LogP contribution in [0.5, 0.6) is 5.75 Å². The van der Waals surface area contributed by atoms with E-state index in [0.717, 1.165) is 31.7 Å². The zero-order chi connectivity index (χ0) is 13.9. The van der Waals surface area contributed by atoms with E-state index in [1.54, 1.807) is 7.11 Å². The Kier molecular flexibility index (Phi) is 4.48. The first-order valence-electron chi connectivity index (χ1n) is 7.08. The maximum absolute atomic E-state index is 9.29. The smallest absolute Gasteiger partial charge is 0.123 e. The highest BCUT2D eigenvalue weighted by atomic mass is 16.5. The molecule has 0 unspecified atom stereocenters. The Labute approximate surface area is 116 Å². The maximum Gasteiger partial charge on any atom is 0.123 e. The van der Waals surface area contributed by atoms with E-state index in [1.807, 2.05) is 0 Å².